The first-order valence-electron chi connectivity index (χ1n) is 8.02. The molecule has 0 radical (unpaired) electrons. The third-order valence-electron chi connectivity index (χ3n) is 4.43. The van der Waals surface area contributed by atoms with Crippen LogP contribution in [0.5, 0.6) is 0 Å². The van der Waals surface area contributed by atoms with E-state index in [4.69, 9.17) is 9.72 Å². The zero-order chi connectivity index (χ0) is 14.5. The maximum absolute atomic E-state index is 5.25. The van der Waals surface area contributed by atoms with E-state index in [-0.39, 0.29) is 0 Å². The van der Waals surface area contributed by atoms with Crippen LogP contribution in [-0.4, -0.2) is 36.4 Å². The number of rotatable bonds is 6. The Bertz CT molecular complexity index is 572. The molecule has 1 N–H and O–H groups in total. The van der Waals surface area contributed by atoms with Gasteiger partial charge in [-0.3, -0.25) is 0 Å². The first-order chi connectivity index (χ1) is 10.4. The lowest BCUT2D eigenvalue weighted by Crippen LogP contribution is -2.30. The summed E-state index contributed by atoms with van der Waals surface area (Å²) in [5, 5.41) is 3.50. The van der Waals surface area contributed by atoms with Crippen LogP contribution >= 0.6 is 0 Å². The zero-order valence-corrected chi connectivity index (χ0v) is 12.8. The number of para-hydroxylation sites is 2. The summed E-state index contributed by atoms with van der Waals surface area (Å²) in [6.07, 6.45) is 4.95. The van der Waals surface area contributed by atoms with E-state index in [1.165, 1.54) is 37.1 Å². The molecule has 21 heavy (non-hydrogen) atoms. The molecule has 4 nitrogen and oxygen atoms in total. The topological polar surface area (TPSA) is 39.1 Å². The van der Waals surface area contributed by atoms with Gasteiger partial charge in [0.15, 0.2) is 0 Å². The predicted octanol–water partition coefficient (Wildman–Crippen LogP) is 2.61. The number of hydrogen-bond acceptors (Lipinski definition) is 3. The molecule has 0 bridgehead atoms. The summed E-state index contributed by atoms with van der Waals surface area (Å²) in [5.41, 5.74) is 2.33. The Hall–Kier alpha value is -1.39. The molecule has 1 atom stereocenters. The van der Waals surface area contributed by atoms with Crippen LogP contribution in [0.4, 0.5) is 0 Å². The van der Waals surface area contributed by atoms with Crippen LogP contribution in [-0.2, 0) is 17.7 Å². The lowest BCUT2D eigenvalue weighted by molar-refractivity contribution is 0.187. The van der Waals surface area contributed by atoms with Gasteiger partial charge in [-0.2, -0.15) is 0 Å². The van der Waals surface area contributed by atoms with Crippen LogP contribution in [0.25, 0.3) is 11.0 Å². The highest BCUT2D eigenvalue weighted by atomic mass is 16.5. The number of nitrogens with one attached hydrogen (secondary N) is 1. The summed E-state index contributed by atoms with van der Waals surface area (Å²) in [7, 11) is 1.76. The molecule has 0 spiro atoms. The van der Waals surface area contributed by atoms with Gasteiger partial charge < -0.3 is 14.6 Å². The van der Waals surface area contributed by atoms with Gasteiger partial charge >= 0.3 is 0 Å². The molecule has 1 unspecified atom stereocenters. The Morgan fingerprint density at radius 1 is 1.38 bits per heavy atom. The van der Waals surface area contributed by atoms with Crippen molar-refractivity contribution in [3.8, 4) is 0 Å². The molecule has 1 fully saturated rings. The zero-order valence-electron chi connectivity index (χ0n) is 12.8. The quantitative estimate of drug-likeness (QED) is 0.887. The number of imidazole rings is 1. The van der Waals surface area contributed by atoms with E-state index in [0.717, 1.165) is 37.6 Å². The summed E-state index contributed by atoms with van der Waals surface area (Å²) >= 11 is 0. The largest absolute Gasteiger partial charge is 0.383 e. The van der Waals surface area contributed by atoms with E-state index >= 15 is 0 Å². The highest BCUT2D eigenvalue weighted by Crippen LogP contribution is 2.20. The van der Waals surface area contributed by atoms with E-state index in [1.807, 2.05) is 0 Å². The minimum Gasteiger partial charge on any atom is -0.383 e. The van der Waals surface area contributed by atoms with Crippen molar-refractivity contribution in [2.75, 3.05) is 26.8 Å². The molecular formula is C17H25N3O. The Morgan fingerprint density at radius 2 is 2.29 bits per heavy atom. The number of benzene rings is 1. The maximum Gasteiger partial charge on any atom is 0.109 e. The Labute approximate surface area is 126 Å². The summed E-state index contributed by atoms with van der Waals surface area (Å²) in [4.78, 5) is 4.84. The molecule has 114 valence electrons. The van der Waals surface area contributed by atoms with Crippen molar-refractivity contribution in [1.82, 2.24) is 14.9 Å². The lowest BCUT2D eigenvalue weighted by atomic mass is 9.94. The SMILES string of the molecule is COCCn1c(CCC2CCCNC2)nc2ccccc21. The third kappa shape index (κ3) is 3.44. The summed E-state index contributed by atoms with van der Waals surface area (Å²) in [6.45, 7) is 3.97. The van der Waals surface area contributed by atoms with E-state index in [0.29, 0.717) is 0 Å². The maximum atomic E-state index is 5.25. The van der Waals surface area contributed by atoms with Gasteiger partial charge in [0, 0.05) is 20.1 Å². The number of nitrogens with zero attached hydrogens (tertiary/aromatic N) is 2. The number of piperidine rings is 1. The van der Waals surface area contributed by atoms with Gasteiger partial charge in [0.05, 0.1) is 17.6 Å². The van der Waals surface area contributed by atoms with Crippen molar-refractivity contribution in [2.45, 2.75) is 32.2 Å². The molecule has 0 aliphatic carbocycles. The second-order valence-electron chi connectivity index (χ2n) is 5.91. The lowest BCUT2D eigenvalue weighted by Gasteiger charge is -2.22. The predicted molar refractivity (Wildman–Crippen MR) is 85.5 cm³/mol. The van der Waals surface area contributed by atoms with E-state index in [9.17, 15) is 0 Å². The number of ether oxygens (including phenoxy) is 1. The molecule has 2 aromatic rings. The van der Waals surface area contributed by atoms with Gasteiger partial charge in [0.2, 0.25) is 0 Å². The highest BCUT2D eigenvalue weighted by molar-refractivity contribution is 5.75. The van der Waals surface area contributed by atoms with Gasteiger partial charge in [0.25, 0.3) is 0 Å². The van der Waals surface area contributed by atoms with Crippen molar-refractivity contribution in [1.29, 1.82) is 0 Å². The third-order valence-corrected chi connectivity index (χ3v) is 4.43. The number of hydrogen-bond donors (Lipinski definition) is 1. The van der Waals surface area contributed by atoms with Crippen molar-refractivity contribution < 1.29 is 4.74 Å². The number of aromatic nitrogens is 2. The number of aryl methyl sites for hydroxylation is 1. The molecule has 0 saturated carbocycles. The van der Waals surface area contributed by atoms with Crippen LogP contribution < -0.4 is 5.32 Å². The van der Waals surface area contributed by atoms with E-state index in [1.54, 1.807) is 7.11 Å². The van der Waals surface area contributed by atoms with Crippen LogP contribution in [0, 0.1) is 5.92 Å². The fraction of sp³-hybridized carbons (Fsp3) is 0.588. The van der Waals surface area contributed by atoms with E-state index < -0.39 is 0 Å². The smallest absolute Gasteiger partial charge is 0.109 e. The van der Waals surface area contributed by atoms with Crippen molar-refractivity contribution in [3.63, 3.8) is 0 Å². The van der Waals surface area contributed by atoms with Crippen LogP contribution in [0.2, 0.25) is 0 Å². The molecule has 1 aliphatic heterocycles. The number of fused-ring (bicyclic) bond motifs is 1. The normalized spacial score (nSPS) is 19.2. The molecule has 3 rings (SSSR count). The standard InChI is InChI=1S/C17H25N3O/c1-21-12-11-20-16-7-3-2-6-15(16)19-17(20)9-8-14-5-4-10-18-13-14/h2-3,6-7,14,18H,4-5,8-13H2,1H3. The van der Waals surface area contributed by atoms with Crippen molar-refractivity contribution >= 4 is 11.0 Å². The summed E-state index contributed by atoms with van der Waals surface area (Å²) in [6, 6.07) is 8.40. The molecule has 1 aliphatic rings. The molecule has 2 heterocycles. The average Bonchev–Trinajstić information content (AvgIpc) is 2.89. The molecule has 1 aromatic heterocycles. The molecular weight excluding hydrogens is 262 g/mol. The van der Waals surface area contributed by atoms with Crippen LogP contribution in [0.1, 0.15) is 25.1 Å². The Balaban J connectivity index is 1.75. The second-order valence-corrected chi connectivity index (χ2v) is 5.91. The van der Waals surface area contributed by atoms with Gasteiger partial charge in [-0.15, -0.1) is 0 Å². The molecule has 1 saturated heterocycles. The second kappa shape index (κ2) is 7.05. The van der Waals surface area contributed by atoms with Gasteiger partial charge in [-0.25, -0.2) is 4.98 Å². The van der Waals surface area contributed by atoms with Crippen molar-refractivity contribution in [3.05, 3.63) is 30.1 Å². The monoisotopic (exact) mass is 287 g/mol. The molecule has 1 aromatic carbocycles. The fourth-order valence-electron chi connectivity index (χ4n) is 3.25. The fourth-order valence-corrected chi connectivity index (χ4v) is 3.25. The minimum absolute atomic E-state index is 0.734. The summed E-state index contributed by atoms with van der Waals surface area (Å²) < 4.78 is 7.58. The van der Waals surface area contributed by atoms with Gasteiger partial charge in [0.1, 0.15) is 5.82 Å². The minimum atomic E-state index is 0.734. The van der Waals surface area contributed by atoms with Crippen LogP contribution in [0.3, 0.4) is 0 Å². The highest BCUT2D eigenvalue weighted by Gasteiger charge is 2.15. The first-order valence-corrected chi connectivity index (χ1v) is 8.02. The van der Waals surface area contributed by atoms with E-state index in [2.05, 4.69) is 34.1 Å². The van der Waals surface area contributed by atoms with Crippen molar-refractivity contribution in [2.24, 2.45) is 5.92 Å². The average molecular weight is 287 g/mol. The van der Waals surface area contributed by atoms with Crippen LogP contribution in [0.15, 0.2) is 24.3 Å². The Kier molecular flexibility index (Phi) is 4.88. The summed E-state index contributed by atoms with van der Waals surface area (Å²) in [5.74, 6) is 2.01. The molecule has 4 heteroatoms. The van der Waals surface area contributed by atoms with Gasteiger partial charge in [-0.1, -0.05) is 12.1 Å². The number of methoxy groups -OCH3 is 1. The first kappa shape index (κ1) is 14.5. The van der Waals surface area contributed by atoms with Gasteiger partial charge in [-0.05, 0) is 50.4 Å². The molecule has 0 amide bonds. The Morgan fingerprint density at radius 3 is 3.10 bits per heavy atom.